The minimum absolute atomic E-state index is 0.0848. The van der Waals surface area contributed by atoms with Crippen molar-refractivity contribution in [1.82, 2.24) is 9.88 Å². The number of carboxylic acid groups (broad SMARTS) is 1. The summed E-state index contributed by atoms with van der Waals surface area (Å²) in [5.74, 6) is -1.55. The van der Waals surface area contributed by atoms with Gasteiger partial charge in [0.15, 0.2) is 6.04 Å². The quantitative estimate of drug-likeness (QED) is 0.853. The van der Waals surface area contributed by atoms with Crippen LogP contribution in [-0.2, 0) is 9.53 Å². The number of para-hydroxylation sites is 1. The smallest absolute Gasteiger partial charge is 0.328 e. The van der Waals surface area contributed by atoms with E-state index in [1.54, 1.807) is 6.07 Å². The zero-order valence-corrected chi connectivity index (χ0v) is 13.4. The number of amides is 1. The average molecular weight is 316 g/mol. The Morgan fingerprint density at radius 2 is 1.91 bits per heavy atom. The van der Waals surface area contributed by atoms with E-state index >= 15 is 0 Å². The van der Waals surface area contributed by atoms with Gasteiger partial charge in [0.1, 0.15) is 0 Å². The summed E-state index contributed by atoms with van der Waals surface area (Å²) in [5, 5.41) is 11.6. The maximum Gasteiger partial charge on any atom is 0.328 e. The zero-order chi connectivity index (χ0) is 17.0. The van der Waals surface area contributed by atoms with Gasteiger partial charge in [-0.2, -0.15) is 0 Å². The molecule has 2 N–H and O–H groups in total. The first-order chi connectivity index (χ1) is 11.0. The van der Waals surface area contributed by atoms with Gasteiger partial charge in [0.05, 0.1) is 12.2 Å². The number of aryl methyl sites for hydroxylation is 1. The highest BCUT2D eigenvalue weighted by atomic mass is 16.5. The van der Waals surface area contributed by atoms with Gasteiger partial charge in [-0.15, -0.1) is 0 Å². The lowest BCUT2D eigenvalue weighted by Gasteiger charge is -2.14. The zero-order valence-electron chi connectivity index (χ0n) is 13.4. The summed E-state index contributed by atoms with van der Waals surface area (Å²) in [5.41, 5.74) is 3.06. The first-order valence-electron chi connectivity index (χ1n) is 7.22. The normalized spacial score (nSPS) is 12.0. The van der Waals surface area contributed by atoms with Crippen molar-refractivity contribution in [2.75, 3.05) is 13.7 Å². The van der Waals surface area contributed by atoms with Gasteiger partial charge in [-0.25, -0.2) is 4.79 Å². The number of ether oxygens (including phenoxy) is 1. The molecule has 0 bridgehead atoms. The number of nitrogens with one attached hydrogen (secondary N) is 1. The maximum absolute atomic E-state index is 12.4. The van der Waals surface area contributed by atoms with Crippen molar-refractivity contribution in [1.29, 1.82) is 0 Å². The first-order valence-corrected chi connectivity index (χ1v) is 7.22. The minimum Gasteiger partial charge on any atom is -0.480 e. The van der Waals surface area contributed by atoms with Crippen molar-refractivity contribution >= 4 is 11.9 Å². The van der Waals surface area contributed by atoms with Gasteiger partial charge >= 0.3 is 5.97 Å². The molecule has 2 rings (SSSR count). The Kier molecular flexibility index (Phi) is 5.18. The molecule has 0 aliphatic rings. The van der Waals surface area contributed by atoms with Crippen molar-refractivity contribution in [3.05, 3.63) is 53.3 Å². The average Bonchev–Trinajstić information content (AvgIpc) is 2.82. The summed E-state index contributed by atoms with van der Waals surface area (Å²) >= 11 is 0. The summed E-state index contributed by atoms with van der Waals surface area (Å²) in [6, 6.07) is 10.4. The summed E-state index contributed by atoms with van der Waals surface area (Å²) in [7, 11) is 1.39. The van der Waals surface area contributed by atoms with Crippen LogP contribution in [0.3, 0.4) is 0 Å². The second-order valence-electron chi connectivity index (χ2n) is 5.28. The number of hydrogen-bond donors (Lipinski definition) is 2. The van der Waals surface area contributed by atoms with Crippen molar-refractivity contribution in [2.24, 2.45) is 0 Å². The molecule has 0 spiro atoms. The second-order valence-corrected chi connectivity index (χ2v) is 5.28. The third-order valence-corrected chi connectivity index (χ3v) is 3.63. The SMILES string of the molecule is COCC(NC(=O)c1cc(C)n(-c2ccccc2)c1C)C(=O)O. The molecule has 1 heterocycles. The summed E-state index contributed by atoms with van der Waals surface area (Å²) in [6.07, 6.45) is 0. The Morgan fingerprint density at radius 3 is 2.48 bits per heavy atom. The van der Waals surface area contributed by atoms with Crippen molar-refractivity contribution < 1.29 is 19.4 Å². The molecule has 1 unspecified atom stereocenters. The molecule has 0 saturated carbocycles. The highest BCUT2D eigenvalue weighted by molar-refractivity contribution is 5.98. The third-order valence-electron chi connectivity index (χ3n) is 3.63. The largest absolute Gasteiger partial charge is 0.480 e. The summed E-state index contributed by atoms with van der Waals surface area (Å²) < 4.78 is 6.79. The molecule has 0 aliphatic heterocycles. The Balaban J connectivity index is 2.31. The lowest BCUT2D eigenvalue weighted by atomic mass is 10.2. The van der Waals surface area contributed by atoms with Crippen LogP contribution in [0, 0.1) is 13.8 Å². The van der Waals surface area contributed by atoms with Gasteiger partial charge in [-0.05, 0) is 32.0 Å². The van der Waals surface area contributed by atoms with Gasteiger partial charge in [-0.1, -0.05) is 18.2 Å². The molecule has 6 heteroatoms. The number of benzene rings is 1. The monoisotopic (exact) mass is 316 g/mol. The molecule has 1 aromatic heterocycles. The highest BCUT2D eigenvalue weighted by Gasteiger charge is 2.23. The Bertz CT molecular complexity index is 707. The van der Waals surface area contributed by atoms with Crippen LogP contribution in [0.5, 0.6) is 0 Å². The van der Waals surface area contributed by atoms with E-state index in [-0.39, 0.29) is 6.61 Å². The van der Waals surface area contributed by atoms with E-state index in [1.165, 1.54) is 7.11 Å². The second kappa shape index (κ2) is 7.11. The molecule has 23 heavy (non-hydrogen) atoms. The lowest BCUT2D eigenvalue weighted by molar-refractivity contribution is -0.140. The number of aromatic nitrogens is 1. The van der Waals surface area contributed by atoms with Crippen molar-refractivity contribution in [2.45, 2.75) is 19.9 Å². The summed E-state index contributed by atoms with van der Waals surface area (Å²) in [4.78, 5) is 23.5. The number of rotatable bonds is 6. The maximum atomic E-state index is 12.4. The van der Waals surface area contributed by atoms with Crippen LogP contribution < -0.4 is 5.32 Å². The van der Waals surface area contributed by atoms with Crippen LogP contribution >= 0.6 is 0 Å². The molecule has 2 aromatic rings. The van der Waals surface area contributed by atoms with Gasteiger partial charge in [0.2, 0.25) is 0 Å². The molecule has 0 radical (unpaired) electrons. The number of nitrogens with zero attached hydrogens (tertiary/aromatic N) is 1. The van der Waals surface area contributed by atoms with E-state index in [0.29, 0.717) is 5.56 Å². The number of methoxy groups -OCH3 is 1. The van der Waals surface area contributed by atoms with Crippen molar-refractivity contribution in [3.63, 3.8) is 0 Å². The predicted octanol–water partition coefficient (Wildman–Crippen LogP) is 1.92. The van der Waals surface area contributed by atoms with Gasteiger partial charge in [-0.3, -0.25) is 4.79 Å². The molecular weight excluding hydrogens is 296 g/mol. The number of aliphatic carboxylic acids is 1. The molecule has 1 aromatic carbocycles. The highest BCUT2D eigenvalue weighted by Crippen LogP contribution is 2.20. The Labute approximate surface area is 134 Å². The fourth-order valence-electron chi connectivity index (χ4n) is 2.54. The number of carboxylic acids is 1. The molecule has 0 fully saturated rings. The Morgan fingerprint density at radius 1 is 1.26 bits per heavy atom. The van der Waals surface area contributed by atoms with Crippen LogP contribution in [0.15, 0.2) is 36.4 Å². The molecular formula is C17H20N2O4. The first kappa shape index (κ1) is 16.8. The summed E-state index contributed by atoms with van der Waals surface area (Å²) in [6.45, 7) is 3.65. The topological polar surface area (TPSA) is 80.6 Å². The number of carbonyl (C=O) groups is 2. The molecule has 0 saturated heterocycles. The fourth-order valence-corrected chi connectivity index (χ4v) is 2.54. The molecule has 1 amide bonds. The molecule has 6 nitrogen and oxygen atoms in total. The van der Waals surface area contributed by atoms with E-state index in [4.69, 9.17) is 9.84 Å². The minimum atomic E-state index is -1.13. The van der Waals surface area contributed by atoms with Gasteiger partial charge in [0, 0.05) is 24.2 Å². The number of hydrogen-bond acceptors (Lipinski definition) is 3. The van der Waals surface area contributed by atoms with E-state index in [1.807, 2.05) is 48.7 Å². The van der Waals surface area contributed by atoms with Crippen LogP contribution in [0.25, 0.3) is 5.69 Å². The van der Waals surface area contributed by atoms with Crippen molar-refractivity contribution in [3.8, 4) is 5.69 Å². The standard InChI is InChI=1S/C17H20N2O4/c1-11-9-14(16(20)18-15(10-23-3)17(21)22)12(2)19(11)13-7-5-4-6-8-13/h4-9,15H,10H2,1-3H3,(H,18,20)(H,21,22). The fraction of sp³-hybridized carbons (Fsp3) is 0.294. The van der Waals surface area contributed by atoms with E-state index in [9.17, 15) is 9.59 Å². The third kappa shape index (κ3) is 3.60. The number of carbonyl (C=O) groups excluding carboxylic acids is 1. The van der Waals surface area contributed by atoms with E-state index < -0.39 is 17.9 Å². The van der Waals surface area contributed by atoms with E-state index in [0.717, 1.165) is 17.1 Å². The molecule has 1 atom stereocenters. The molecule has 0 aliphatic carbocycles. The van der Waals surface area contributed by atoms with E-state index in [2.05, 4.69) is 5.32 Å². The van der Waals surface area contributed by atoms with Gasteiger partial charge in [0.25, 0.3) is 5.91 Å². The van der Waals surface area contributed by atoms with Crippen LogP contribution in [-0.4, -0.2) is 41.3 Å². The van der Waals surface area contributed by atoms with Crippen LogP contribution in [0.1, 0.15) is 21.7 Å². The predicted molar refractivity (Wildman–Crippen MR) is 86.0 cm³/mol. The lowest BCUT2D eigenvalue weighted by Crippen LogP contribution is -2.43. The molecule has 122 valence electrons. The van der Waals surface area contributed by atoms with Crippen LogP contribution in [0.4, 0.5) is 0 Å². The Hall–Kier alpha value is -2.60. The van der Waals surface area contributed by atoms with Gasteiger partial charge < -0.3 is 19.7 Å². The van der Waals surface area contributed by atoms with Crippen LogP contribution in [0.2, 0.25) is 0 Å².